The summed E-state index contributed by atoms with van der Waals surface area (Å²) in [5, 5.41) is 3.15. The molecular weight excluding hydrogens is 350 g/mol. The number of carbonyl (C=O) groups excluding carboxylic acids is 1. The van der Waals surface area contributed by atoms with Gasteiger partial charge in [-0.3, -0.25) is 4.79 Å². The van der Waals surface area contributed by atoms with Crippen molar-refractivity contribution >= 4 is 5.91 Å². The van der Waals surface area contributed by atoms with Gasteiger partial charge < -0.3 is 14.8 Å². The molecule has 0 fully saturated rings. The van der Waals surface area contributed by atoms with Crippen LogP contribution < -0.4 is 14.8 Å². The van der Waals surface area contributed by atoms with Crippen LogP contribution in [0.25, 0.3) is 0 Å². The van der Waals surface area contributed by atoms with Gasteiger partial charge in [-0.25, -0.2) is 0 Å². The lowest BCUT2D eigenvalue weighted by atomic mass is 9.98. The maximum Gasteiger partial charge on any atom is 0.220 e. The van der Waals surface area contributed by atoms with E-state index in [-0.39, 0.29) is 11.9 Å². The first-order valence-corrected chi connectivity index (χ1v) is 9.42. The Kier molecular flexibility index (Phi) is 7.08. The van der Waals surface area contributed by atoms with Gasteiger partial charge in [0.15, 0.2) is 0 Å². The molecule has 4 heteroatoms. The van der Waals surface area contributed by atoms with Gasteiger partial charge in [0.25, 0.3) is 0 Å². The second kappa shape index (κ2) is 10.2. The number of benzene rings is 3. The predicted molar refractivity (Wildman–Crippen MR) is 111 cm³/mol. The Morgan fingerprint density at radius 1 is 0.821 bits per heavy atom. The van der Waals surface area contributed by atoms with E-state index in [0.717, 1.165) is 22.6 Å². The van der Waals surface area contributed by atoms with Crippen LogP contribution in [0.5, 0.6) is 11.5 Å². The van der Waals surface area contributed by atoms with Gasteiger partial charge in [0.05, 0.1) is 19.8 Å². The molecule has 144 valence electrons. The minimum atomic E-state index is -0.155. The molecule has 4 nitrogen and oxygen atoms in total. The largest absolute Gasteiger partial charge is 0.497 e. The molecule has 1 amide bonds. The SMILES string of the molecule is COc1ccc(OCCCC(=O)NC(c2ccccc2)c2ccccc2)cc1. The third kappa shape index (κ3) is 5.61. The summed E-state index contributed by atoms with van der Waals surface area (Å²) in [7, 11) is 1.63. The van der Waals surface area contributed by atoms with Crippen LogP contribution in [0.3, 0.4) is 0 Å². The van der Waals surface area contributed by atoms with Crippen LogP contribution in [-0.4, -0.2) is 19.6 Å². The van der Waals surface area contributed by atoms with Crippen LogP contribution in [0, 0.1) is 0 Å². The number of amides is 1. The van der Waals surface area contributed by atoms with Gasteiger partial charge in [-0.1, -0.05) is 60.7 Å². The topological polar surface area (TPSA) is 47.6 Å². The van der Waals surface area contributed by atoms with Crippen molar-refractivity contribution in [3.8, 4) is 11.5 Å². The Morgan fingerprint density at radius 3 is 1.89 bits per heavy atom. The summed E-state index contributed by atoms with van der Waals surface area (Å²) in [5.41, 5.74) is 2.13. The lowest BCUT2D eigenvalue weighted by Gasteiger charge is -2.20. The van der Waals surface area contributed by atoms with Gasteiger partial charge in [0, 0.05) is 6.42 Å². The molecule has 0 spiro atoms. The van der Waals surface area contributed by atoms with E-state index in [1.807, 2.05) is 84.9 Å². The zero-order valence-electron chi connectivity index (χ0n) is 16.0. The standard InChI is InChI=1S/C24H25NO3/c1-27-21-14-16-22(17-15-21)28-18-8-13-23(26)25-24(19-9-4-2-5-10-19)20-11-6-3-7-12-20/h2-7,9-12,14-17,24H,8,13,18H2,1H3,(H,25,26). The second-order valence-electron chi connectivity index (χ2n) is 6.45. The zero-order valence-corrected chi connectivity index (χ0v) is 16.0. The first-order valence-electron chi connectivity index (χ1n) is 9.42. The third-order valence-electron chi connectivity index (χ3n) is 4.45. The van der Waals surface area contributed by atoms with Gasteiger partial charge in [-0.15, -0.1) is 0 Å². The summed E-state index contributed by atoms with van der Waals surface area (Å²) in [4.78, 5) is 12.5. The number of hydrogen-bond acceptors (Lipinski definition) is 3. The van der Waals surface area contributed by atoms with Crippen LogP contribution in [-0.2, 0) is 4.79 Å². The first-order chi connectivity index (χ1) is 13.8. The van der Waals surface area contributed by atoms with E-state index in [0.29, 0.717) is 19.4 Å². The summed E-state index contributed by atoms with van der Waals surface area (Å²) < 4.78 is 10.8. The molecule has 0 aromatic heterocycles. The molecule has 1 N–H and O–H groups in total. The Hall–Kier alpha value is -3.27. The van der Waals surface area contributed by atoms with Crippen molar-refractivity contribution in [2.45, 2.75) is 18.9 Å². The average Bonchev–Trinajstić information content (AvgIpc) is 2.76. The van der Waals surface area contributed by atoms with E-state index in [4.69, 9.17) is 9.47 Å². The quantitative estimate of drug-likeness (QED) is 0.549. The highest BCUT2D eigenvalue weighted by atomic mass is 16.5. The maximum absolute atomic E-state index is 12.5. The van der Waals surface area contributed by atoms with E-state index in [2.05, 4.69) is 5.32 Å². The molecule has 0 bridgehead atoms. The van der Waals surface area contributed by atoms with Crippen molar-refractivity contribution in [3.63, 3.8) is 0 Å². The van der Waals surface area contributed by atoms with Crippen molar-refractivity contribution in [2.75, 3.05) is 13.7 Å². The van der Waals surface area contributed by atoms with Gasteiger partial charge in [-0.05, 0) is 41.8 Å². The third-order valence-corrected chi connectivity index (χ3v) is 4.45. The summed E-state index contributed by atoms with van der Waals surface area (Å²) >= 11 is 0. The number of nitrogens with one attached hydrogen (secondary N) is 1. The molecule has 3 aromatic carbocycles. The highest BCUT2D eigenvalue weighted by Gasteiger charge is 2.16. The van der Waals surface area contributed by atoms with Crippen LogP contribution in [0.15, 0.2) is 84.9 Å². The molecule has 0 aliphatic carbocycles. The molecule has 0 radical (unpaired) electrons. The minimum Gasteiger partial charge on any atom is -0.497 e. The Bertz CT molecular complexity index is 809. The summed E-state index contributed by atoms with van der Waals surface area (Å²) in [5.74, 6) is 1.57. The average molecular weight is 375 g/mol. The fourth-order valence-corrected chi connectivity index (χ4v) is 2.98. The molecule has 0 saturated carbocycles. The second-order valence-corrected chi connectivity index (χ2v) is 6.45. The number of carbonyl (C=O) groups is 1. The Balaban J connectivity index is 1.52. The molecule has 3 rings (SSSR count). The van der Waals surface area contributed by atoms with Gasteiger partial charge in [0.2, 0.25) is 5.91 Å². The highest BCUT2D eigenvalue weighted by Crippen LogP contribution is 2.22. The van der Waals surface area contributed by atoms with Crippen molar-refractivity contribution in [2.24, 2.45) is 0 Å². The van der Waals surface area contributed by atoms with Crippen molar-refractivity contribution in [3.05, 3.63) is 96.1 Å². The van der Waals surface area contributed by atoms with Crippen LogP contribution in [0.4, 0.5) is 0 Å². The lowest BCUT2D eigenvalue weighted by molar-refractivity contribution is -0.121. The fraction of sp³-hybridized carbons (Fsp3) is 0.208. The first kappa shape index (κ1) is 19.5. The van der Waals surface area contributed by atoms with Gasteiger partial charge >= 0.3 is 0 Å². The van der Waals surface area contributed by atoms with Crippen LogP contribution >= 0.6 is 0 Å². The highest BCUT2D eigenvalue weighted by molar-refractivity contribution is 5.77. The molecule has 3 aromatic rings. The summed E-state index contributed by atoms with van der Waals surface area (Å²) in [6.07, 6.45) is 1.06. The monoisotopic (exact) mass is 375 g/mol. The van der Waals surface area contributed by atoms with Gasteiger partial charge in [0.1, 0.15) is 11.5 Å². The van der Waals surface area contributed by atoms with Crippen molar-refractivity contribution in [1.29, 1.82) is 0 Å². The normalized spacial score (nSPS) is 10.5. The number of rotatable bonds is 9. The molecule has 0 heterocycles. The smallest absolute Gasteiger partial charge is 0.220 e. The number of hydrogen-bond donors (Lipinski definition) is 1. The van der Waals surface area contributed by atoms with Crippen LogP contribution in [0.1, 0.15) is 30.0 Å². The van der Waals surface area contributed by atoms with Crippen LogP contribution in [0.2, 0.25) is 0 Å². The minimum absolute atomic E-state index is 0.0102. The van der Waals surface area contributed by atoms with Gasteiger partial charge in [-0.2, -0.15) is 0 Å². The van der Waals surface area contributed by atoms with E-state index >= 15 is 0 Å². The molecule has 0 aliphatic heterocycles. The molecular formula is C24H25NO3. The molecule has 0 saturated heterocycles. The fourth-order valence-electron chi connectivity index (χ4n) is 2.98. The molecule has 28 heavy (non-hydrogen) atoms. The molecule has 0 atom stereocenters. The Morgan fingerprint density at radius 2 is 1.36 bits per heavy atom. The molecule has 0 aliphatic rings. The van der Waals surface area contributed by atoms with E-state index in [1.54, 1.807) is 7.11 Å². The predicted octanol–water partition coefficient (Wildman–Crippen LogP) is 4.76. The van der Waals surface area contributed by atoms with Crippen molar-refractivity contribution in [1.82, 2.24) is 5.32 Å². The summed E-state index contributed by atoms with van der Waals surface area (Å²) in [6.45, 7) is 0.487. The maximum atomic E-state index is 12.5. The lowest BCUT2D eigenvalue weighted by Crippen LogP contribution is -2.29. The Labute approximate surface area is 166 Å². The number of ether oxygens (including phenoxy) is 2. The van der Waals surface area contributed by atoms with Crippen molar-refractivity contribution < 1.29 is 14.3 Å². The van der Waals surface area contributed by atoms with E-state index < -0.39 is 0 Å². The summed E-state index contributed by atoms with van der Waals surface area (Å²) in [6, 6.07) is 27.3. The van der Waals surface area contributed by atoms with E-state index in [1.165, 1.54) is 0 Å². The number of methoxy groups -OCH3 is 1. The zero-order chi connectivity index (χ0) is 19.6. The molecule has 0 unspecified atom stereocenters. The van der Waals surface area contributed by atoms with E-state index in [9.17, 15) is 4.79 Å².